The second-order valence-corrected chi connectivity index (χ2v) is 6.79. The molecule has 0 amide bonds. The van der Waals surface area contributed by atoms with Crippen LogP contribution in [-0.4, -0.2) is 15.7 Å². The van der Waals surface area contributed by atoms with Crippen LogP contribution in [0.2, 0.25) is 0 Å². The maximum atomic E-state index is 4.54. The molecule has 2 aromatic heterocycles. The minimum absolute atomic E-state index is 0.879. The molecule has 5 heteroatoms. The van der Waals surface area contributed by atoms with Crippen molar-refractivity contribution in [2.45, 2.75) is 31.0 Å². The first-order valence-electron chi connectivity index (χ1n) is 5.27. The number of thioether (sulfide) groups is 1. The van der Waals surface area contributed by atoms with E-state index in [1.54, 1.807) is 11.3 Å². The summed E-state index contributed by atoms with van der Waals surface area (Å²) in [4.78, 5) is 9.00. The van der Waals surface area contributed by atoms with Crippen molar-refractivity contribution in [2.75, 3.05) is 5.75 Å². The van der Waals surface area contributed by atoms with E-state index in [2.05, 4.69) is 38.9 Å². The zero-order chi connectivity index (χ0) is 11.5. The zero-order valence-electron chi connectivity index (χ0n) is 9.29. The Balaban J connectivity index is 2.23. The van der Waals surface area contributed by atoms with Gasteiger partial charge in [0.25, 0.3) is 0 Å². The lowest BCUT2D eigenvalue weighted by atomic mass is 10.4. The van der Waals surface area contributed by atoms with Crippen LogP contribution in [0, 0.1) is 6.92 Å². The number of unbranched alkanes of at least 4 members (excludes halogenated alkanes) is 1. The molecule has 0 radical (unpaired) electrons. The summed E-state index contributed by atoms with van der Waals surface area (Å²) in [7, 11) is 0. The third-order valence-electron chi connectivity index (χ3n) is 2.22. The number of nitrogens with zero attached hydrogens (tertiary/aromatic N) is 2. The normalized spacial score (nSPS) is 11.2. The number of aryl methyl sites for hydroxylation is 1. The Bertz CT molecular complexity index is 457. The number of pyridine rings is 1. The van der Waals surface area contributed by atoms with E-state index in [0.717, 1.165) is 30.6 Å². The van der Waals surface area contributed by atoms with Crippen LogP contribution in [0.3, 0.4) is 0 Å². The molecule has 0 aliphatic carbocycles. The van der Waals surface area contributed by atoms with Gasteiger partial charge in [0.15, 0.2) is 9.99 Å². The molecule has 0 aromatic carbocycles. The molecular weight excluding hydrogens is 304 g/mol. The summed E-state index contributed by atoms with van der Waals surface area (Å²) in [5.74, 6) is 1.15. The molecule has 0 saturated carbocycles. The largest absolute Gasteiger partial charge is 0.231 e. The average Bonchev–Trinajstić information content (AvgIpc) is 2.61. The summed E-state index contributed by atoms with van der Waals surface area (Å²) in [6, 6.07) is 2.11. The quantitative estimate of drug-likeness (QED) is 0.606. The third kappa shape index (κ3) is 2.76. The summed E-state index contributed by atoms with van der Waals surface area (Å²) < 4.78 is 3.36. The van der Waals surface area contributed by atoms with E-state index in [1.165, 1.54) is 12.8 Å². The van der Waals surface area contributed by atoms with Gasteiger partial charge < -0.3 is 0 Å². The van der Waals surface area contributed by atoms with Crippen molar-refractivity contribution in [2.24, 2.45) is 0 Å². The SMILES string of the molecule is CCCCSc1nc2nc(C)c(Br)cc2s1. The Labute approximate surface area is 112 Å². The number of halogens is 1. The number of aromatic nitrogens is 2. The highest BCUT2D eigenvalue weighted by molar-refractivity contribution is 9.10. The maximum Gasteiger partial charge on any atom is 0.171 e. The number of hydrogen-bond donors (Lipinski definition) is 0. The van der Waals surface area contributed by atoms with Crippen molar-refractivity contribution in [3.05, 3.63) is 16.2 Å². The van der Waals surface area contributed by atoms with Crippen molar-refractivity contribution in [3.8, 4) is 0 Å². The fraction of sp³-hybridized carbons (Fsp3) is 0.455. The fourth-order valence-corrected chi connectivity index (χ4v) is 3.94. The summed E-state index contributed by atoms with van der Waals surface area (Å²) in [5, 5.41) is 0. The molecule has 0 atom stereocenters. The van der Waals surface area contributed by atoms with Gasteiger partial charge in [0, 0.05) is 10.2 Å². The molecule has 0 fully saturated rings. The topological polar surface area (TPSA) is 25.8 Å². The molecule has 2 nitrogen and oxygen atoms in total. The zero-order valence-corrected chi connectivity index (χ0v) is 12.5. The van der Waals surface area contributed by atoms with Gasteiger partial charge in [-0.25, -0.2) is 9.97 Å². The maximum absolute atomic E-state index is 4.54. The highest BCUT2D eigenvalue weighted by Gasteiger charge is 2.07. The Morgan fingerprint density at radius 3 is 3.00 bits per heavy atom. The first kappa shape index (κ1) is 12.3. The standard InChI is InChI=1S/C11H13BrN2S2/c1-3-4-5-15-11-14-10-9(16-11)6-8(12)7(2)13-10/h6H,3-5H2,1-2H3. The number of rotatable bonds is 4. The molecule has 0 unspecified atom stereocenters. The first-order chi connectivity index (χ1) is 7.70. The lowest BCUT2D eigenvalue weighted by Crippen LogP contribution is -1.83. The van der Waals surface area contributed by atoms with Crippen LogP contribution in [0.5, 0.6) is 0 Å². The third-order valence-corrected chi connectivity index (χ3v) is 5.24. The molecule has 0 bridgehead atoms. The van der Waals surface area contributed by atoms with Crippen LogP contribution < -0.4 is 0 Å². The van der Waals surface area contributed by atoms with Crippen LogP contribution in [0.25, 0.3) is 10.3 Å². The number of fused-ring (bicyclic) bond motifs is 1. The van der Waals surface area contributed by atoms with Crippen molar-refractivity contribution in [3.63, 3.8) is 0 Å². The van der Waals surface area contributed by atoms with Gasteiger partial charge in [-0.2, -0.15) is 0 Å². The molecule has 0 aliphatic heterocycles. The van der Waals surface area contributed by atoms with Gasteiger partial charge in [-0.1, -0.05) is 25.1 Å². The molecule has 86 valence electrons. The summed E-state index contributed by atoms with van der Waals surface area (Å²) in [6.07, 6.45) is 2.48. The van der Waals surface area contributed by atoms with Gasteiger partial charge in [0.2, 0.25) is 0 Å². The average molecular weight is 317 g/mol. The van der Waals surface area contributed by atoms with Crippen LogP contribution >= 0.6 is 39.0 Å². The van der Waals surface area contributed by atoms with E-state index in [4.69, 9.17) is 0 Å². The molecule has 2 aromatic rings. The van der Waals surface area contributed by atoms with Crippen molar-refractivity contribution in [1.29, 1.82) is 0 Å². The Kier molecular flexibility index (Phi) is 4.21. The van der Waals surface area contributed by atoms with Gasteiger partial charge in [-0.3, -0.25) is 0 Å². The van der Waals surface area contributed by atoms with E-state index in [9.17, 15) is 0 Å². The monoisotopic (exact) mass is 316 g/mol. The number of thiazole rings is 1. The predicted octanol–water partition coefficient (Wildman–Crippen LogP) is 4.65. The highest BCUT2D eigenvalue weighted by Crippen LogP contribution is 2.31. The van der Waals surface area contributed by atoms with Crippen LogP contribution in [0.1, 0.15) is 25.5 Å². The smallest absolute Gasteiger partial charge is 0.171 e. The van der Waals surface area contributed by atoms with Crippen LogP contribution in [0.15, 0.2) is 14.9 Å². The molecule has 2 rings (SSSR count). The second-order valence-electron chi connectivity index (χ2n) is 3.56. The van der Waals surface area contributed by atoms with E-state index >= 15 is 0 Å². The fourth-order valence-electron chi connectivity index (χ4n) is 1.28. The summed E-state index contributed by atoms with van der Waals surface area (Å²) in [6.45, 7) is 4.20. The van der Waals surface area contributed by atoms with E-state index in [-0.39, 0.29) is 0 Å². The summed E-state index contributed by atoms with van der Waals surface area (Å²) in [5.41, 5.74) is 1.88. The molecule has 0 spiro atoms. The van der Waals surface area contributed by atoms with E-state index < -0.39 is 0 Å². The van der Waals surface area contributed by atoms with Gasteiger partial charge in [0.1, 0.15) is 0 Å². The van der Waals surface area contributed by atoms with Gasteiger partial charge in [-0.05, 0) is 35.3 Å². The molecule has 0 aliphatic rings. The van der Waals surface area contributed by atoms with Gasteiger partial charge in [0.05, 0.1) is 10.4 Å². The van der Waals surface area contributed by atoms with E-state index in [1.807, 2.05) is 18.7 Å². The van der Waals surface area contributed by atoms with Crippen molar-refractivity contribution < 1.29 is 0 Å². The molecule has 0 saturated heterocycles. The minimum atomic E-state index is 0.879. The Morgan fingerprint density at radius 2 is 2.25 bits per heavy atom. The Morgan fingerprint density at radius 1 is 1.44 bits per heavy atom. The van der Waals surface area contributed by atoms with Gasteiger partial charge >= 0.3 is 0 Å². The predicted molar refractivity (Wildman–Crippen MR) is 75.5 cm³/mol. The van der Waals surface area contributed by atoms with Crippen molar-refractivity contribution in [1.82, 2.24) is 9.97 Å². The first-order valence-corrected chi connectivity index (χ1v) is 7.86. The van der Waals surface area contributed by atoms with Crippen molar-refractivity contribution >= 4 is 49.4 Å². The molecular formula is C11H13BrN2S2. The Hall–Kier alpha value is -0.130. The van der Waals surface area contributed by atoms with E-state index in [0.29, 0.717) is 0 Å². The second kappa shape index (κ2) is 5.47. The van der Waals surface area contributed by atoms with Crippen LogP contribution in [-0.2, 0) is 0 Å². The minimum Gasteiger partial charge on any atom is -0.231 e. The summed E-state index contributed by atoms with van der Waals surface area (Å²) >= 11 is 7.06. The van der Waals surface area contributed by atoms with Gasteiger partial charge in [-0.15, -0.1) is 11.3 Å². The lowest BCUT2D eigenvalue weighted by Gasteiger charge is -1.94. The highest BCUT2D eigenvalue weighted by atomic mass is 79.9. The number of hydrogen-bond acceptors (Lipinski definition) is 4. The lowest BCUT2D eigenvalue weighted by molar-refractivity contribution is 0.896. The molecule has 0 N–H and O–H groups in total. The van der Waals surface area contributed by atoms with Crippen LogP contribution in [0.4, 0.5) is 0 Å². The molecule has 16 heavy (non-hydrogen) atoms. The molecule has 2 heterocycles.